The number of likely N-dealkylation sites (N-methyl/N-ethyl adjacent to an activating group) is 1. The van der Waals surface area contributed by atoms with E-state index in [0.29, 0.717) is 18.0 Å². The molecule has 0 unspecified atom stereocenters. The summed E-state index contributed by atoms with van der Waals surface area (Å²) in [6, 6.07) is 5.35. The Kier molecular flexibility index (Phi) is 11.1. The molecule has 1 aliphatic heterocycles. The smallest absolute Gasteiger partial charge is 0.162 e. The topological polar surface area (TPSA) is 47.5 Å². The van der Waals surface area contributed by atoms with Crippen LogP contribution in [0.25, 0.3) is 0 Å². The SMILES string of the molecule is CC.CN1CC1.COc1cc(N)ccc1OCCCS. The number of hydrogen-bond donors (Lipinski definition) is 2. The molecule has 0 bridgehead atoms. The first-order chi connectivity index (χ1) is 9.67. The van der Waals surface area contributed by atoms with Gasteiger partial charge >= 0.3 is 0 Å². The minimum atomic E-state index is 0.643. The molecular weight excluding hydrogens is 272 g/mol. The van der Waals surface area contributed by atoms with Crippen molar-refractivity contribution >= 4 is 18.3 Å². The highest BCUT2D eigenvalue weighted by Crippen LogP contribution is 2.28. The number of anilines is 1. The largest absolute Gasteiger partial charge is 0.493 e. The van der Waals surface area contributed by atoms with E-state index in [2.05, 4.69) is 24.6 Å². The third-order valence-corrected chi connectivity index (χ3v) is 2.73. The van der Waals surface area contributed by atoms with Crippen LogP contribution in [0.5, 0.6) is 11.5 Å². The lowest BCUT2D eigenvalue weighted by Crippen LogP contribution is -2.00. The Bertz CT molecular complexity index is 358. The molecule has 4 nitrogen and oxygen atoms in total. The lowest BCUT2D eigenvalue weighted by atomic mass is 10.3. The summed E-state index contributed by atoms with van der Waals surface area (Å²) in [5.74, 6) is 2.21. The Morgan fingerprint density at radius 1 is 1.25 bits per heavy atom. The molecule has 2 N–H and O–H groups in total. The Morgan fingerprint density at radius 3 is 2.30 bits per heavy atom. The molecule has 0 aromatic heterocycles. The van der Waals surface area contributed by atoms with Crippen LogP contribution < -0.4 is 15.2 Å². The van der Waals surface area contributed by atoms with Crippen LogP contribution in [0, 0.1) is 0 Å². The second-order valence-corrected chi connectivity index (χ2v) is 4.59. The summed E-state index contributed by atoms with van der Waals surface area (Å²) in [6.45, 7) is 7.28. The average molecular weight is 300 g/mol. The molecule has 1 aromatic rings. The van der Waals surface area contributed by atoms with Crippen molar-refractivity contribution in [2.24, 2.45) is 0 Å². The third kappa shape index (κ3) is 8.93. The van der Waals surface area contributed by atoms with Crippen LogP contribution in [-0.4, -0.2) is 44.5 Å². The summed E-state index contributed by atoms with van der Waals surface area (Å²) < 4.78 is 10.6. The van der Waals surface area contributed by atoms with Gasteiger partial charge in [-0.2, -0.15) is 12.6 Å². The second kappa shape index (κ2) is 11.7. The number of hydrogen-bond acceptors (Lipinski definition) is 5. The zero-order valence-corrected chi connectivity index (χ0v) is 14.0. The first kappa shape index (κ1) is 18.9. The minimum absolute atomic E-state index is 0.643. The van der Waals surface area contributed by atoms with Gasteiger partial charge in [0.1, 0.15) is 0 Å². The van der Waals surface area contributed by atoms with Crippen LogP contribution >= 0.6 is 12.6 Å². The first-order valence-corrected chi connectivity index (χ1v) is 7.66. The van der Waals surface area contributed by atoms with Crippen molar-refractivity contribution in [2.45, 2.75) is 20.3 Å². The molecule has 0 atom stereocenters. The van der Waals surface area contributed by atoms with E-state index in [4.69, 9.17) is 15.2 Å². The van der Waals surface area contributed by atoms with Gasteiger partial charge in [-0.15, -0.1) is 0 Å². The van der Waals surface area contributed by atoms with Gasteiger partial charge in [0.25, 0.3) is 0 Å². The van der Waals surface area contributed by atoms with E-state index in [1.165, 1.54) is 13.1 Å². The lowest BCUT2D eigenvalue weighted by molar-refractivity contribution is 0.295. The number of methoxy groups -OCH3 is 1. The number of thiol groups is 1. The number of ether oxygens (including phenoxy) is 2. The second-order valence-electron chi connectivity index (χ2n) is 4.14. The fourth-order valence-electron chi connectivity index (χ4n) is 1.15. The van der Waals surface area contributed by atoms with Crippen molar-refractivity contribution in [3.8, 4) is 11.5 Å². The Morgan fingerprint density at radius 2 is 1.85 bits per heavy atom. The third-order valence-electron chi connectivity index (χ3n) is 2.42. The van der Waals surface area contributed by atoms with Crippen molar-refractivity contribution in [2.75, 3.05) is 45.3 Å². The monoisotopic (exact) mass is 300 g/mol. The van der Waals surface area contributed by atoms with Gasteiger partial charge in [-0.3, -0.25) is 0 Å². The maximum absolute atomic E-state index is 5.61. The zero-order valence-electron chi connectivity index (χ0n) is 13.1. The molecule has 0 amide bonds. The molecule has 116 valence electrons. The Labute approximate surface area is 128 Å². The molecule has 1 saturated heterocycles. The summed E-state index contributed by atoms with van der Waals surface area (Å²) in [7, 11) is 3.71. The highest BCUT2D eigenvalue weighted by atomic mass is 32.1. The molecular formula is C15H28N2O2S. The van der Waals surface area contributed by atoms with Crippen LogP contribution in [-0.2, 0) is 0 Å². The standard InChI is InChI=1S/C10H15NO2S.C3H7N.C2H6/c1-12-10-7-8(11)3-4-9(10)13-5-2-6-14;1-4-2-3-4;1-2/h3-4,7,14H,2,5-6,11H2,1H3;2-3H2,1H3;1-2H3. The summed E-state index contributed by atoms with van der Waals surface area (Å²) >= 11 is 4.10. The quantitative estimate of drug-likeness (QED) is 0.380. The van der Waals surface area contributed by atoms with E-state index >= 15 is 0 Å². The summed E-state index contributed by atoms with van der Waals surface area (Å²) in [5.41, 5.74) is 6.28. The average Bonchev–Trinajstić information content (AvgIpc) is 3.26. The van der Waals surface area contributed by atoms with Crippen molar-refractivity contribution in [1.82, 2.24) is 4.90 Å². The summed E-state index contributed by atoms with van der Waals surface area (Å²) in [6.07, 6.45) is 0.913. The Balaban J connectivity index is 0.000000501. The molecule has 5 heteroatoms. The molecule has 0 radical (unpaired) electrons. The lowest BCUT2D eigenvalue weighted by Gasteiger charge is -2.10. The highest BCUT2D eigenvalue weighted by Gasteiger charge is 2.07. The zero-order chi connectivity index (χ0) is 15.4. The van der Waals surface area contributed by atoms with Gasteiger partial charge in [0, 0.05) is 24.8 Å². The Hall–Kier alpha value is -1.07. The van der Waals surface area contributed by atoms with Crippen molar-refractivity contribution in [3.63, 3.8) is 0 Å². The van der Waals surface area contributed by atoms with Gasteiger partial charge in [-0.05, 0) is 31.4 Å². The van der Waals surface area contributed by atoms with E-state index in [1.54, 1.807) is 19.2 Å². The van der Waals surface area contributed by atoms with Gasteiger partial charge in [0.2, 0.25) is 0 Å². The molecule has 0 spiro atoms. The number of nitrogens with two attached hydrogens (primary N) is 1. The van der Waals surface area contributed by atoms with Gasteiger partial charge in [0.15, 0.2) is 11.5 Å². The summed E-state index contributed by atoms with van der Waals surface area (Å²) in [4.78, 5) is 2.25. The number of benzene rings is 1. The van der Waals surface area contributed by atoms with Gasteiger partial charge in [0.05, 0.1) is 13.7 Å². The molecule has 1 aliphatic rings. The van der Waals surface area contributed by atoms with E-state index < -0.39 is 0 Å². The number of nitrogen functional groups attached to an aromatic ring is 1. The fourth-order valence-corrected chi connectivity index (χ4v) is 1.28. The molecule has 2 rings (SSSR count). The van der Waals surface area contributed by atoms with Gasteiger partial charge < -0.3 is 20.1 Å². The normalized spacial score (nSPS) is 12.4. The van der Waals surface area contributed by atoms with E-state index in [-0.39, 0.29) is 0 Å². The van der Waals surface area contributed by atoms with Crippen molar-refractivity contribution in [3.05, 3.63) is 18.2 Å². The van der Waals surface area contributed by atoms with Crippen LogP contribution in [0.1, 0.15) is 20.3 Å². The number of nitrogens with zero attached hydrogens (tertiary/aromatic N) is 1. The molecule has 0 saturated carbocycles. The van der Waals surface area contributed by atoms with E-state index in [1.807, 2.05) is 19.9 Å². The van der Waals surface area contributed by atoms with Crippen LogP contribution in [0.3, 0.4) is 0 Å². The predicted octanol–water partition coefficient (Wildman–Crippen LogP) is 2.93. The molecule has 20 heavy (non-hydrogen) atoms. The van der Waals surface area contributed by atoms with Gasteiger partial charge in [-0.1, -0.05) is 13.8 Å². The predicted molar refractivity (Wildman–Crippen MR) is 90.2 cm³/mol. The number of rotatable bonds is 5. The van der Waals surface area contributed by atoms with Gasteiger partial charge in [-0.25, -0.2) is 0 Å². The van der Waals surface area contributed by atoms with Crippen molar-refractivity contribution in [1.29, 1.82) is 0 Å². The van der Waals surface area contributed by atoms with E-state index in [9.17, 15) is 0 Å². The molecule has 1 heterocycles. The molecule has 1 aromatic carbocycles. The first-order valence-electron chi connectivity index (χ1n) is 7.03. The minimum Gasteiger partial charge on any atom is -0.493 e. The highest BCUT2D eigenvalue weighted by molar-refractivity contribution is 7.80. The molecule has 0 aliphatic carbocycles. The molecule has 1 fully saturated rings. The van der Waals surface area contributed by atoms with Crippen LogP contribution in [0.15, 0.2) is 18.2 Å². The fraction of sp³-hybridized carbons (Fsp3) is 0.600. The van der Waals surface area contributed by atoms with E-state index in [0.717, 1.165) is 17.9 Å². The maximum atomic E-state index is 5.61. The maximum Gasteiger partial charge on any atom is 0.162 e. The van der Waals surface area contributed by atoms with Crippen LogP contribution in [0.4, 0.5) is 5.69 Å². The summed E-state index contributed by atoms with van der Waals surface area (Å²) in [5, 5.41) is 0. The van der Waals surface area contributed by atoms with Crippen molar-refractivity contribution < 1.29 is 9.47 Å². The van der Waals surface area contributed by atoms with Crippen LogP contribution in [0.2, 0.25) is 0 Å².